The van der Waals surface area contributed by atoms with E-state index in [-0.39, 0.29) is 12.2 Å². The number of hydrogen-bond acceptors (Lipinski definition) is 5. The molecule has 0 aromatic carbocycles. The number of fused-ring (bicyclic) bond motifs is 1. The molecular formula is C12H23NO4. The molecule has 2 rings (SSSR count). The van der Waals surface area contributed by atoms with Crippen LogP contribution in [0.25, 0.3) is 0 Å². The average Bonchev–Trinajstić information content (AvgIpc) is 3.11. The second-order valence-electron chi connectivity index (χ2n) is 5.01. The molecule has 1 saturated heterocycles. The molecule has 4 unspecified atom stereocenters. The maximum Gasteiger partial charge on any atom is 0.146 e. The lowest BCUT2D eigenvalue weighted by molar-refractivity contribution is -0.182. The molecule has 100 valence electrons. The van der Waals surface area contributed by atoms with E-state index < -0.39 is 0 Å². The SMILES string of the molecule is COCOC1C(C)C(C)[C@@H]2N[C@@H]2C1OCOC. The minimum absolute atomic E-state index is 0.0568. The van der Waals surface area contributed by atoms with E-state index in [2.05, 4.69) is 19.2 Å². The molecule has 2 aliphatic rings. The number of hydrogen-bond donors (Lipinski definition) is 1. The van der Waals surface area contributed by atoms with E-state index in [1.165, 1.54) is 0 Å². The van der Waals surface area contributed by atoms with E-state index in [1.807, 2.05) is 0 Å². The van der Waals surface area contributed by atoms with Gasteiger partial charge in [0, 0.05) is 20.3 Å². The monoisotopic (exact) mass is 245 g/mol. The summed E-state index contributed by atoms with van der Waals surface area (Å²) in [5.41, 5.74) is 0. The van der Waals surface area contributed by atoms with Crippen LogP contribution in [0.2, 0.25) is 0 Å². The van der Waals surface area contributed by atoms with Crippen molar-refractivity contribution in [3.63, 3.8) is 0 Å². The lowest BCUT2D eigenvalue weighted by Gasteiger charge is -2.37. The Hall–Kier alpha value is -0.200. The van der Waals surface area contributed by atoms with Crippen molar-refractivity contribution in [2.24, 2.45) is 11.8 Å². The molecule has 1 heterocycles. The van der Waals surface area contributed by atoms with Crippen LogP contribution < -0.4 is 5.32 Å². The third-order valence-electron chi connectivity index (χ3n) is 4.01. The predicted molar refractivity (Wildman–Crippen MR) is 62.5 cm³/mol. The summed E-state index contributed by atoms with van der Waals surface area (Å²) in [6, 6.07) is 0.965. The van der Waals surface area contributed by atoms with Gasteiger partial charge in [-0.3, -0.25) is 0 Å². The molecule has 5 heteroatoms. The van der Waals surface area contributed by atoms with Crippen LogP contribution in [-0.2, 0) is 18.9 Å². The van der Waals surface area contributed by atoms with Crippen molar-refractivity contribution < 1.29 is 18.9 Å². The zero-order valence-corrected chi connectivity index (χ0v) is 11.0. The van der Waals surface area contributed by atoms with Crippen molar-refractivity contribution in [2.45, 2.75) is 38.1 Å². The molecule has 6 atom stereocenters. The molecule has 1 N–H and O–H groups in total. The highest BCUT2D eigenvalue weighted by atomic mass is 16.7. The van der Waals surface area contributed by atoms with Gasteiger partial charge in [-0.1, -0.05) is 13.8 Å². The minimum atomic E-state index is 0.0568. The summed E-state index contributed by atoms with van der Waals surface area (Å²) in [7, 11) is 3.28. The summed E-state index contributed by atoms with van der Waals surface area (Å²) in [5, 5.41) is 3.47. The standard InChI is InChI=1S/C12H23NO4/c1-7-8(2)11(16-5-14-3)12(17-6-15-4)10-9(7)13-10/h7-13H,5-6H2,1-4H3/t7?,8?,9-,10-,11?,12?/m0/s1. The summed E-state index contributed by atoms with van der Waals surface area (Å²) in [4.78, 5) is 0. The van der Waals surface area contributed by atoms with Crippen molar-refractivity contribution in [1.82, 2.24) is 5.32 Å². The predicted octanol–water partition coefficient (Wildman–Crippen LogP) is 0.591. The lowest BCUT2D eigenvalue weighted by atomic mass is 9.78. The Balaban J connectivity index is 1.99. The van der Waals surface area contributed by atoms with Crippen LogP contribution >= 0.6 is 0 Å². The van der Waals surface area contributed by atoms with Crippen molar-refractivity contribution in [3.05, 3.63) is 0 Å². The highest BCUT2D eigenvalue weighted by molar-refractivity contribution is 5.14. The molecule has 0 bridgehead atoms. The Labute approximate surface area is 103 Å². The number of rotatable bonds is 6. The van der Waals surface area contributed by atoms with Crippen molar-refractivity contribution in [2.75, 3.05) is 27.8 Å². The molecule has 1 aliphatic heterocycles. The van der Waals surface area contributed by atoms with E-state index in [4.69, 9.17) is 18.9 Å². The van der Waals surface area contributed by atoms with Crippen LogP contribution in [0.3, 0.4) is 0 Å². The summed E-state index contributed by atoms with van der Waals surface area (Å²) in [6.45, 7) is 5.10. The fourth-order valence-electron chi connectivity index (χ4n) is 2.81. The third kappa shape index (κ3) is 2.63. The zero-order chi connectivity index (χ0) is 12.4. The van der Waals surface area contributed by atoms with Gasteiger partial charge >= 0.3 is 0 Å². The molecule has 0 radical (unpaired) electrons. The van der Waals surface area contributed by atoms with Crippen LogP contribution in [0.5, 0.6) is 0 Å². The first-order chi connectivity index (χ1) is 8.20. The Morgan fingerprint density at radius 1 is 0.824 bits per heavy atom. The molecule has 1 saturated carbocycles. The molecule has 1 aliphatic carbocycles. The normalized spacial score (nSPS) is 44.5. The molecule has 0 aromatic heterocycles. The molecule has 17 heavy (non-hydrogen) atoms. The van der Waals surface area contributed by atoms with Gasteiger partial charge in [0.05, 0.1) is 12.1 Å². The summed E-state index contributed by atoms with van der Waals surface area (Å²) < 4.78 is 21.5. The summed E-state index contributed by atoms with van der Waals surface area (Å²) >= 11 is 0. The Morgan fingerprint density at radius 3 is 2.00 bits per heavy atom. The van der Waals surface area contributed by atoms with E-state index in [0.29, 0.717) is 37.5 Å². The largest absolute Gasteiger partial charge is 0.359 e. The lowest BCUT2D eigenvalue weighted by Crippen LogP contribution is -2.49. The fourth-order valence-corrected chi connectivity index (χ4v) is 2.81. The van der Waals surface area contributed by atoms with E-state index in [0.717, 1.165) is 0 Å². The van der Waals surface area contributed by atoms with Gasteiger partial charge in [0.15, 0.2) is 0 Å². The summed E-state index contributed by atoms with van der Waals surface area (Å²) in [5.74, 6) is 1.05. The second-order valence-corrected chi connectivity index (χ2v) is 5.01. The van der Waals surface area contributed by atoms with Crippen LogP contribution in [0.15, 0.2) is 0 Å². The molecule has 5 nitrogen and oxygen atoms in total. The Morgan fingerprint density at radius 2 is 1.41 bits per heavy atom. The highest BCUT2D eigenvalue weighted by Crippen LogP contribution is 2.40. The average molecular weight is 245 g/mol. The van der Waals surface area contributed by atoms with Gasteiger partial charge in [0.25, 0.3) is 0 Å². The van der Waals surface area contributed by atoms with Crippen LogP contribution in [0.1, 0.15) is 13.8 Å². The fraction of sp³-hybridized carbons (Fsp3) is 1.00. The van der Waals surface area contributed by atoms with E-state index in [9.17, 15) is 0 Å². The maximum absolute atomic E-state index is 5.78. The number of nitrogens with one attached hydrogen (secondary N) is 1. The van der Waals surface area contributed by atoms with Gasteiger partial charge < -0.3 is 24.3 Å². The first-order valence-electron chi connectivity index (χ1n) is 6.17. The van der Waals surface area contributed by atoms with E-state index >= 15 is 0 Å². The zero-order valence-electron chi connectivity index (χ0n) is 11.0. The molecule has 0 aromatic rings. The van der Waals surface area contributed by atoms with Crippen LogP contribution in [0, 0.1) is 11.8 Å². The molecule has 0 amide bonds. The number of methoxy groups -OCH3 is 2. The quantitative estimate of drug-likeness (QED) is 0.548. The van der Waals surface area contributed by atoms with Crippen molar-refractivity contribution >= 4 is 0 Å². The highest BCUT2D eigenvalue weighted by Gasteiger charge is 2.57. The van der Waals surface area contributed by atoms with Gasteiger partial charge in [-0.2, -0.15) is 0 Å². The minimum Gasteiger partial charge on any atom is -0.359 e. The smallest absolute Gasteiger partial charge is 0.146 e. The van der Waals surface area contributed by atoms with Gasteiger partial charge in [0.1, 0.15) is 19.7 Å². The van der Waals surface area contributed by atoms with Crippen LogP contribution in [0.4, 0.5) is 0 Å². The summed E-state index contributed by atoms with van der Waals surface area (Å²) in [6.07, 6.45) is 0.123. The Bertz CT molecular complexity index is 251. The third-order valence-corrected chi connectivity index (χ3v) is 4.01. The second kappa shape index (κ2) is 5.63. The molecular weight excluding hydrogens is 222 g/mol. The van der Waals surface area contributed by atoms with Gasteiger partial charge in [-0.15, -0.1) is 0 Å². The number of ether oxygens (including phenoxy) is 4. The maximum atomic E-state index is 5.78. The van der Waals surface area contributed by atoms with Crippen molar-refractivity contribution in [1.29, 1.82) is 0 Å². The first-order valence-corrected chi connectivity index (χ1v) is 6.17. The molecule has 2 fully saturated rings. The van der Waals surface area contributed by atoms with Crippen LogP contribution in [-0.4, -0.2) is 52.1 Å². The first kappa shape index (κ1) is 13.2. The van der Waals surface area contributed by atoms with Gasteiger partial charge in [-0.05, 0) is 11.8 Å². The topological polar surface area (TPSA) is 58.9 Å². The molecule has 0 spiro atoms. The van der Waals surface area contributed by atoms with Gasteiger partial charge in [0.2, 0.25) is 0 Å². The van der Waals surface area contributed by atoms with Gasteiger partial charge in [-0.25, -0.2) is 0 Å². The Kier molecular flexibility index (Phi) is 4.38. The van der Waals surface area contributed by atoms with E-state index in [1.54, 1.807) is 14.2 Å². The van der Waals surface area contributed by atoms with Crippen molar-refractivity contribution in [3.8, 4) is 0 Å².